The van der Waals surface area contributed by atoms with Gasteiger partial charge in [0, 0.05) is 23.6 Å². The molecule has 0 bridgehead atoms. The Labute approximate surface area is 138 Å². The smallest absolute Gasteiger partial charge is 0.338 e. The van der Waals surface area contributed by atoms with Gasteiger partial charge in [0.05, 0.1) is 12.2 Å². The van der Waals surface area contributed by atoms with E-state index in [0.717, 1.165) is 22.5 Å². The van der Waals surface area contributed by atoms with E-state index in [1.165, 1.54) is 6.07 Å². The Hall–Kier alpha value is -2.69. The maximum absolute atomic E-state index is 13.3. The van der Waals surface area contributed by atoms with Gasteiger partial charge in [-0.15, -0.1) is 0 Å². The molecule has 0 aliphatic carbocycles. The second-order valence-corrected chi connectivity index (χ2v) is 5.50. The molecule has 3 nitrogen and oxygen atoms in total. The zero-order valence-electron chi connectivity index (χ0n) is 13.3. The highest BCUT2D eigenvalue weighted by Crippen LogP contribution is 2.19. The third kappa shape index (κ3) is 3.30. The van der Waals surface area contributed by atoms with Crippen molar-refractivity contribution in [3.05, 3.63) is 71.4 Å². The standard InChI is InChI=1S/C19H17F2NO2/c1-2-24-19(23)15-4-6-18-14(12-15)8-10-22(18)9-7-13-3-5-16(20)17(21)11-13/h3-6,8,10-12H,2,7,9H2,1H3. The first-order chi connectivity index (χ1) is 11.6. The van der Waals surface area contributed by atoms with Crippen molar-refractivity contribution in [1.82, 2.24) is 4.57 Å². The number of benzene rings is 2. The van der Waals surface area contributed by atoms with Crippen LogP contribution in [0.3, 0.4) is 0 Å². The van der Waals surface area contributed by atoms with Crippen molar-refractivity contribution in [2.24, 2.45) is 0 Å². The highest BCUT2D eigenvalue weighted by atomic mass is 19.2. The minimum atomic E-state index is -0.836. The van der Waals surface area contributed by atoms with Gasteiger partial charge in [-0.1, -0.05) is 6.07 Å². The van der Waals surface area contributed by atoms with Crippen molar-refractivity contribution in [3.63, 3.8) is 0 Å². The lowest BCUT2D eigenvalue weighted by Crippen LogP contribution is -2.04. The second kappa shape index (κ2) is 6.83. The van der Waals surface area contributed by atoms with Crippen LogP contribution in [0.2, 0.25) is 0 Å². The van der Waals surface area contributed by atoms with Crippen molar-refractivity contribution < 1.29 is 18.3 Å². The Morgan fingerprint density at radius 3 is 2.67 bits per heavy atom. The molecule has 124 valence electrons. The van der Waals surface area contributed by atoms with Crippen LogP contribution in [0.4, 0.5) is 8.78 Å². The SMILES string of the molecule is CCOC(=O)c1ccc2c(ccn2CCc2ccc(F)c(F)c2)c1. The fraction of sp³-hybridized carbons (Fsp3) is 0.211. The lowest BCUT2D eigenvalue weighted by atomic mass is 10.1. The molecule has 0 atom stereocenters. The van der Waals surface area contributed by atoms with E-state index in [-0.39, 0.29) is 5.97 Å². The van der Waals surface area contributed by atoms with Gasteiger partial charge in [-0.2, -0.15) is 0 Å². The summed E-state index contributed by atoms with van der Waals surface area (Å²) in [5.41, 5.74) is 2.23. The number of fused-ring (bicyclic) bond motifs is 1. The topological polar surface area (TPSA) is 31.2 Å². The molecular weight excluding hydrogens is 312 g/mol. The number of hydrogen-bond acceptors (Lipinski definition) is 2. The lowest BCUT2D eigenvalue weighted by Gasteiger charge is -2.07. The molecule has 0 saturated heterocycles. The molecule has 0 amide bonds. The van der Waals surface area contributed by atoms with E-state index in [0.29, 0.717) is 25.1 Å². The number of aryl methyl sites for hydroxylation is 2. The van der Waals surface area contributed by atoms with E-state index in [2.05, 4.69) is 0 Å². The molecule has 0 radical (unpaired) electrons. The number of ether oxygens (including phenoxy) is 1. The average molecular weight is 329 g/mol. The van der Waals surface area contributed by atoms with Gasteiger partial charge in [0.2, 0.25) is 0 Å². The van der Waals surface area contributed by atoms with Crippen LogP contribution in [0.1, 0.15) is 22.8 Å². The largest absolute Gasteiger partial charge is 0.462 e. The maximum Gasteiger partial charge on any atom is 0.338 e. The summed E-state index contributed by atoms with van der Waals surface area (Å²) in [5.74, 6) is -2.01. The van der Waals surface area contributed by atoms with Gasteiger partial charge in [-0.25, -0.2) is 13.6 Å². The van der Waals surface area contributed by atoms with E-state index in [1.807, 2.05) is 22.9 Å². The molecule has 1 aromatic heterocycles. The van der Waals surface area contributed by atoms with Crippen LogP contribution >= 0.6 is 0 Å². The first-order valence-corrected chi connectivity index (χ1v) is 7.78. The first-order valence-electron chi connectivity index (χ1n) is 7.78. The molecule has 0 spiro atoms. The summed E-state index contributed by atoms with van der Waals surface area (Å²) < 4.78 is 33.2. The number of rotatable bonds is 5. The van der Waals surface area contributed by atoms with Crippen LogP contribution in [0.15, 0.2) is 48.7 Å². The summed E-state index contributed by atoms with van der Waals surface area (Å²) >= 11 is 0. The van der Waals surface area contributed by atoms with Crippen LogP contribution in [0.25, 0.3) is 10.9 Å². The lowest BCUT2D eigenvalue weighted by molar-refractivity contribution is 0.0526. The molecule has 0 saturated carbocycles. The van der Waals surface area contributed by atoms with Crippen molar-refractivity contribution in [3.8, 4) is 0 Å². The van der Waals surface area contributed by atoms with Gasteiger partial charge in [0.15, 0.2) is 11.6 Å². The molecule has 1 heterocycles. The number of halogens is 2. The van der Waals surface area contributed by atoms with Crippen molar-refractivity contribution in [1.29, 1.82) is 0 Å². The van der Waals surface area contributed by atoms with Crippen molar-refractivity contribution in [2.75, 3.05) is 6.61 Å². The number of nitrogens with zero attached hydrogens (tertiary/aromatic N) is 1. The molecule has 3 rings (SSSR count). The Morgan fingerprint density at radius 2 is 1.92 bits per heavy atom. The molecule has 24 heavy (non-hydrogen) atoms. The molecule has 2 aromatic carbocycles. The molecule has 0 aliphatic heterocycles. The number of carbonyl (C=O) groups is 1. The van der Waals surface area contributed by atoms with Crippen LogP contribution in [0, 0.1) is 11.6 Å². The summed E-state index contributed by atoms with van der Waals surface area (Å²) in [6.45, 7) is 2.74. The van der Waals surface area contributed by atoms with Gasteiger partial charge in [-0.05, 0) is 55.3 Å². The summed E-state index contributed by atoms with van der Waals surface area (Å²) in [6, 6.07) is 11.3. The Morgan fingerprint density at radius 1 is 1.08 bits per heavy atom. The quantitative estimate of drug-likeness (QED) is 0.652. The number of aromatic nitrogens is 1. The van der Waals surface area contributed by atoms with E-state index >= 15 is 0 Å². The van der Waals surface area contributed by atoms with Gasteiger partial charge >= 0.3 is 5.97 Å². The Kier molecular flexibility index (Phi) is 4.60. The Bertz CT molecular complexity index is 886. The minimum Gasteiger partial charge on any atom is -0.462 e. The fourth-order valence-corrected chi connectivity index (χ4v) is 2.68. The molecule has 0 N–H and O–H groups in total. The molecule has 0 unspecified atom stereocenters. The van der Waals surface area contributed by atoms with Crippen LogP contribution < -0.4 is 0 Å². The van der Waals surface area contributed by atoms with Crippen LogP contribution in [-0.4, -0.2) is 17.1 Å². The van der Waals surface area contributed by atoms with E-state index in [9.17, 15) is 13.6 Å². The third-order valence-electron chi connectivity index (χ3n) is 3.91. The summed E-state index contributed by atoms with van der Waals surface area (Å²) in [6.07, 6.45) is 2.50. The van der Waals surface area contributed by atoms with Gasteiger partial charge in [0.25, 0.3) is 0 Å². The number of hydrogen-bond donors (Lipinski definition) is 0. The predicted molar refractivity (Wildman–Crippen MR) is 88.0 cm³/mol. The summed E-state index contributed by atoms with van der Waals surface area (Å²) in [5, 5.41) is 0.936. The maximum atomic E-state index is 13.3. The predicted octanol–water partition coefficient (Wildman–Crippen LogP) is 4.34. The molecule has 0 fully saturated rings. The highest BCUT2D eigenvalue weighted by Gasteiger charge is 2.09. The van der Waals surface area contributed by atoms with Crippen molar-refractivity contribution >= 4 is 16.9 Å². The minimum absolute atomic E-state index is 0.339. The van der Waals surface area contributed by atoms with E-state index < -0.39 is 11.6 Å². The van der Waals surface area contributed by atoms with E-state index in [4.69, 9.17) is 4.74 Å². The molecular formula is C19H17F2NO2. The van der Waals surface area contributed by atoms with E-state index in [1.54, 1.807) is 25.1 Å². The van der Waals surface area contributed by atoms with Crippen LogP contribution in [0.5, 0.6) is 0 Å². The summed E-state index contributed by atoms with van der Waals surface area (Å²) in [4.78, 5) is 11.8. The highest BCUT2D eigenvalue weighted by molar-refractivity contribution is 5.94. The first kappa shape index (κ1) is 16.2. The van der Waals surface area contributed by atoms with Gasteiger partial charge < -0.3 is 9.30 Å². The monoisotopic (exact) mass is 329 g/mol. The fourth-order valence-electron chi connectivity index (χ4n) is 2.68. The summed E-state index contributed by atoms with van der Waals surface area (Å²) in [7, 11) is 0. The normalized spacial score (nSPS) is 11.0. The zero-order valence-corrected chi connectivity index (χ0v) is 13.3. The van der Waals surface area contributed by atoms with Crippen molar-refractivity contribution in [2.45, 2.75) is 19.9 Å². The molecule has 5 heteroatoms. The average Bonchev–Trinajstić information content (AvgIpc) is 2.98. The zero-order chi connectivity index (χ0) is 17.1. The molecule has 3 aromatic rings. The van der Waals surface area contributed by atoms with Gasteiger partial charge in [-0.3, -0.25) is 0 Å². The Balaban J connectivity index is 1.78. The van der Waals surface area contributed by atoms with Gasteiger partial charge in [0.1, 0.15) is 0 Å². The number of esters is 1. The number of carbonyl (C=O) groups excluding carboxylic acids is 1. The van der Waals surface area contributed by atoms with Crippen LogP contribution in [-0.2, 0) is 17.7 Å². The molecule has 0 aliphatic rings. The second-order valence-electron chi connectivity index (χ2n) is 5.50. The third-order valence-corrected chi connectivity index (χ3v) is 3.91.